The number of nitrogens with one attached hydrogen (secondary N) is 3. The van der Waals surface area contributed by atoms with Crippen LogP contribution >= 0.6 is 11.6 Å². The molecular weight excluding hydrogens is 380 g/mol. The zero-order valence-corrected chi connectivity index (χ0v) is 16.3. The zero-order chi connectivity index (χ0) is 19.7. The number of nitrogens with zero attached hydrogens (tertiary/aromatic N) is 1. The number of H-pyrrole nitrogens is 1. The molecule has 1 aliphatic rings. The number of aromatic amines is 1. The number of rotatable bonds is 3. The van der Waals surface area contributed by atoms with E-state index in [0.717, 1.165) is 10.9 Å². The van der Waals surface area contributed by atoms with Crippen molar-refractivity contribution in [2.45, 2.75) is 25.6 Å². The Kier molecular flexibility index (Phi) is 4.97. The monoisotopic (exact) mass is 400 g/mol. The third-order valence-electron chi connectivity index (χ3n) is 4.62. The summed E-state index contributed by atoms with van der Waals surface area (Å²) in [7, 11) is 0. The Hall–Kier alpha value is -2.61. The predicted octanol–water partition coefficient (Wildman–Crippen LogP) is 4.73. The van der Waals surface area contributed by atoms with Crippen LogP contribution in [0.15, 0.2) is 42.7 Å². The summed E-state index contributed by atoms with van der Waals surface area (Å²) in [5.41, 5.74) is 2.85. The number of halogens is 1. The average Bonchev–Trinajstić information content (AvgIpc) is 3.05. The van der Waals surface area contributed by atoms with Crippen LogP contribution in [0, 0.1) is 0 Å². The van der Waals surface area contributed by atoms with Crippen LogP contribution in [0.4, 0.5) is 16.2 Å². The molecule has 146 valence electrons. The number of hydrogen-bond donors (Lipinski definition) is 3. The number of benzene rings is 1. The number of amides is 2. The third kappa shape index (κ3) is 3.96. The van der Waals surface area contributed by atoms with Crippen LogP contribution in [0.5, 0.6) is 0 Å². The molecule has 8 heteroatoms. The van der Waals surface area contributed by atoms with Gasteiger partial charge in [-0.25, -0.2) is 4.79 Å². The van der Waals surface area contributed by atoms with Gasteiger partial charge in [0, 0.05) is 23.0 Å². The second-order valence-corrected chi connectivity index (χ2v) is 7.54. The quantitative estimate of drug-likeness (QED) is 0.593. The molecule has 0 aliphatic carbocycles. The first-order valence-electron chi connectivity index (χ1n) is 8.99. The van der Waals surface area contributed by atoms with Gasteiger partial charge in [0.2, 0.25) is 0 Å². The van der Waals surface area contributed by atoms with Gasteiger partial charge in [-0.15, -0.1) is 0 Å². The lowest BCUT2D eigenvalue weighted by Gasteiger charge is -2.34. The Labute approximate surface area is 167 Å². The van der Waals surface area contributed by atoms with E-state index in [2.05, 4.69) is 20.6 Å². The van der Waals surface area contributed by atoms with Crippen LogP contribution in [-0.2, 0) is 9.47 Å². The van der Waals surface area contributed by atoms with E-state index in [-0.39, 0.29) is 11.9 Å². The summed E-state index contributed by atoms with van der Waals surface area (Å²) in [6.07, 6.45) is 3.33. The van der Waals surface area contributed by atoms with Crippen LogP contribution < -0.4 is 10.6 Å². The molecule has 7 nitrogen and oxygen atoms in total. The summed E-state index contributed by atoms with van der Waals surface area (Å²) in [6.45, 7) is 4.70. The van der Waals surface area contributed by atoms with Gasteiger partial charge in [-0.1, -0.05) is 29.8 Å². The van der Waals surface area contributed by atoms with Crippen LogP contribution in [0.3, 0.4) is 0 Å². The standard InChI is InChI=1S/C20H21ClN4O3/c1-20(2)27-10-12(11-28-20)18-15(21)7-13(8-23-18)24-19(26)25-17-9-22-16-6-4-3-5-14(16)17/h3-9,12,22H,10-11H2,1-2H3,(H2,24,25,26). The number of aromatic nitrogens is 2. The molecule has 28 heavy (non-hydrogen) atoms. The SMILES string of the molecule is CC1(C)OCC(c2ncc(NC(=O)Nc3c[nH]c4ccccc34)cc2Cl)CO1. The maximum Gasteiger partial charge on any atom is 0.323 e. The highest BCUT2D eigenvalue weighted by Gasteiger charge is 2.31. The third-order valence-corrected chi connectivity index (χ3v) is 4.92. The molecule has 3 heterocycles. The molecule has 1 fully saturated rings. The van der Waals surface area contributed by atoms with Crippen LogP contribution in [-0.4, -0.2) is 35.0 Å². The van der Waals surface area contributed by atoms with Gasteiger partial charge in [0.05, 0.1) is 41.5 Å². The Balaban J connectivity index is 1.42. The fourth-order valence-electron chi connectivity index (χ4n) is 3.13. The summed E-state index contributed by atoms with van der Waals surface area (Å²) in [6, 6.07) is 9.04. The summed E-state index contributed by atoms with van der Waals surface area (Å²) >= 11 is 6.39. The van der Waals surface area contributed by atoms with Gasteiger partial charge in [0.1, 0.15) is 0 Å². The van der Waals surface area contributed by atoms with Crippen LogP contribution in [0.25, 0.3) is 10.9 Å². The van der Waals surface area contributed by atoms with Gasteiger partial charge in [0.15, 0.2) is 5.79 Å². The van der Waals surface area contributed by atoms with Gasteiger partial charge in [-0.3, -0.25) is 4.98 Å². The molecule has 0 unspecified atom stereocenters. The number of hydrogen-bond acceptors (Lipinski definition) is 4. The van der Waals surface area contributed by atoms with E-state index in [1.54, 1.807) is 18.5 Å². The van der Waals surface area contributed by atoms with E-state index in [4.69, 9.17) is 21.1 Å². The zero-order valence-electron chi connectivity index (χ0n) is 15.6. The highest BCUT2D eigenvalue weighted by atomic mass is 35.5. The minimum Gasteiger partial charge on any atom is -0.359 e. The topological polar surface area (TPSA) is 88.3 Å². The van der Waals surface area contributed by atoms with Gasteiger partial charge in [-0.05, 0) is 26.0 Å². The van der Waals surface area contributed by atoms with E-state index in [1.807, 2.05) is 38.1 Å². The van der Waals surface area contributed by atoms with Crippen molar-refractivity contribution >= 4 is 39.9 Å². The molecule has 1 saturated heterocycles. The van der Waals surface area contributed by atoms with E-state index in [9.17, 15) is 4.79 Å². The lowest BCUT2D eigenvalue weighted by Crippen LogP contribution is -2.38. The molecule has 0 radical (unpaired) electrons. The lowest BCUT2D eigenvalue weighted by atomic mass is 10.1. The molecule has 3 aromatic rings. The Morgan fingerprint density at radius 1 is 1.25 bits per heavy atom. The molecule has 2 aromatic heterocycles. The molecule has 4 rings (SSSR count). The molecule has 1 aliphatic heterocycles. The van der Waals surface area contributed by atoms with Gasteiger partial charge in [0.25, 0.3) is 0 Å². The van der Waals surface area contributed by atoms with Crippen LogP contribution in [0.1, 0.15) is 25.5 Å². The smallest absolute Gasteiger partial charge is 0.323 e. The van der Waals surface area contributed by atoms with Gasteiger partial charge >= 0.3 is 6.03 Å². The Bertz CT molecular complexity index is 1010. The fourth-order valence-corrected chi connectivity index (χ4v) is 3.45. The van der Waals surface area contributed by atoms with E-state index >= 15 is 0 Å². The summed E-state index contributed by atoms with van der Waals surface area (Å²) in [4.78, 5) is 19.9. The predicted molar refractivity (Wildman–Crippen MR) is 109 cm³/mol. The minimum atomic E-state index is -0.592. The van der Waals surface area contributed by atoms with Crippen molar-refractivity contribution in [2.24, 2.45) is 0 Å². The highest BCUT2D eigenvalue weighted by molar-refractivity contribution is 6.31. The number of carbonyl (C=O) groups excluding carboxylic acids is 1. The van der Waals surface area contributed by atoms with Crippen molar-refractivity contribution in [2.75, 3.05) is 23.8 Å². The van der Waals surface area contributed by atoms with Gasteiger partial charge < -0.3 is 25.1 Å². The molecule has 0 bridgehead atoms. The molecule has 1 aromatic carbocycles. The van der Waals surface area contributed by atoms with Crippen molar-refractivity contribution < 1.29 is 14.3 Å². The molecular formula is C20H21ClN4O3. The summed E-state index contributed by atoms with van der Waals surface area (Å²) < 4.78 is 11.3. The van der Waals surface area contributed by atoms with Crippen LogP contribution in [0.2, 0.25) is 5.02 Å². The number of urea groups is 1. The Morgan fingerprint density at radius 3 is 2.75 bits per heavy atom. The molecule has 0 saturated carbocycles. The molecule has 0 spiro atoms. The maximum atomic E-state index is 12.3. The molecule has 0 atom stereocenters. The number of pyridine rings is 1. The second-order valence-electron chi connectivity index (χ2n) is 7.14. The number of ether oxygens (including phenoxy) is 2. The van der Waals surface area contributed by atoms with E-state index < -0.39 is 5.79 Å². The number of anilines is 2. The first kappa shape index (κ1) is 18.7. The normalized spacial score (nSPS) is 16.8. The molecule has 3 N–H and O–H groups in total. The van der Waals surface area contributed by atoms with Crippen molar-refractivity contribution in [3.05, 3.63) is 53.4 Å². The van der Waals surface area contributed by atoms with Gasteiger partial charge in [-0.2, -0.15) is 0 Å². The van der Waals surface area contributed by atoms with Crippen molar-refractivity contribution in [3.8, 4) is 0 Å². The van der Waals surface area contributed by atoms with Crippen molar-refractivity contribution in [1.82, 2.24) is 9.97 Å². The Morgan fingerprint density at radius 2 is 2.00 bits per heavy atom. The maximum absolute atomic E-state index is 12.3. The number of carbonyl (C=O) groups is 1. The number of fused-ring (bicyclic) bond motifs is 1. The summed E-state index contributed by atoms with van der Waals surface area (Å²) in [5, 5.41) is 6.98. The highest BCUT2D eigenvalue weighted by Crippen LogP contribution is 2.31. The first-order chi connectivity index (χ1) is 13.4. The number of para-hydroxylation sites is 1. The average molecular weight is 401 g/mol. The first-order valence-corrected chi connectivity index (χ1v) is 9.36. The van der Waals surface area contributed by atoms with Crippen molar-refractivity contribution in [3.63, 3.8) is 0 Å². The minimum absolute atomic E-state index is 0.0466. The molecule has 2 amide bonds. The fraction of sp³-hybridized carbons (Fsp3) is 0.300. The van der Waals surface area contributed by atoms with E-state index in [0.29, 0.717) is 35.3 Å². The largest absolute Gasteiger partial charge is 0.359 e. The second kappa shape index (κ2) is 7.43. The van der Waals surface area contributed by atoms with Crippen molar-refractivity contribution in [1.29, 1.82) is 0 Å². The summed E-state index contributed by atoms with van der Waals surface area (Å²) in [5.74, 6) is -0.639. The lowest BCUT2D eigenvalue weighted by molar-refractivity contribution is -0.251. The van der Waals surface area contributed by atoms with E-state index in [1.165, 1.54) is 0 Å².